The molecule has 0 aliphatic rings. The average molecular weight is 230 g/mol. The fourth-order valence-corrected chi connectivity index (χ4v) is 1.55. The molecule has 6 heteroatoms. The molecule has 0 saturated carbocycles. The Morgan fingerprint density at radius 2 is 1.86 bits per heavy atom. The Morgan fingerprint density at radius 3 is 2.36 bits per heavy atom. The smallest absolute Gasteiger partial charge is 0.143 e. The second-order valence-corrected chi connectivity index (χ2v) is 3.37. The fourth-order valence-electron chi connectivity index (χ4n) is 1.04. The average Bonchev–Trinajstić information content (AvgIpc) is 2.51. The lowest BCUT2D eigenvalue weighted by molar-refractivity contribution is 0.399. The van der Waals surface area contributed by atoms with E-state index in [4.69, 9.17) is 27.7 Å². The molecule has 4 nitrogen and oxygen atoms in total. The molecule has 0 N–H and O–H groups in total. The van der Waals surface area contributed by atoms with Crippen molar-refractivity contribution in [3.05, 3.63) is 28.5 Å². The molecule has 72 valence electrons. The van der Waals surface area contributed by atoms with Gasteiger partial charge in [-0.1, -0.05) is 28.4 Å². The fraction of sp³-hybridized carbons (Fsp3) is 0.125. The summed E-state index contributed by atoms with van der Waals surface area (Å²) in [5.74, 6) is 0.677. The molecule has 0 atom stereocenters. The van der Waals surface area contributed by atoms with E-state index in [0.29, 0.717) is 17.0 Å². The minimum Gasteiger partial charge on any atom is -0.361 e. The second kappa shape index (κ2) is 3.55. The van der Waals surface area contributed by atoms with E-state index < -0.39 is 0 Å². The van der Waals surface area contributed by atoms with Gasteiger partial charge in [-0.2, -0.15) is 0 Å². The lowest BCUT2D eigenvalue weighted by Gasteiger charge is -1.99. The largest absolute Gasteiger partial charge is 0.361 e. The molecule has 0 fully saturated rings. The standard InChI is InChI=1S/C8H5Cl2N3O/c1-4-2-5(13-14-4)6-7(9)11-3-12-8(6)10/h2-3H,1H3. The van der Waals surface area contributed by atoms with Gasteiger partial charge in [-0.25, -0.2) is 9.97 Å². The second-order valence-electron chi connectivity index (χ2n) is 2.65. The topological polar surface area (TPSA) is 51.8 Å². The zero-order valence-corrected chi connectivity index (χ0v) is 8.67. The van der Waals surface area contributed by atoms with Gasteiger partial charge in [0.1, 0.15) is 28.1 Å². The van der Waals surface area contributed by atoms with Crippen LogP contribution < -0.4 is 0 Å². The summed E-state index contributed by atoms with van der Waals surface area (Å²) in [4.78, 5) is 7.63. The Labute approximate surface area is 89.9 Å². The first-order chi connectivity index (χ1) is 6.68. The van der Waals surface area contributed by atoms with Crippen molar-refractivity contribution in [2.75, 3.05) is 0 Å². The van der Waals surface area contributed by atoms with Crippen LogP contribution in [0.3, 0.4) is 0 Å². The maximum Gasteiger partial charge on any atom is 0.143 e. The molecule has 0 aliphatic carbocycles. The predicted octanol–water partition coefficient (Wildman–Crippen LogP) is 2.75. The minimum atomic E-state index is 0.262. The van der Waals surface area contributed by atoms with Crippen molar-refractivity contribution >= 4 is 23.2 Å². The predicted molar refractivity (Wildman–Crippen MR) is 52.3 cm³/mol. The number of hydrogen-bond donors (Lipinski definition) is 0. The minimum absolute atomic E-state index is 0.262. The Morgan fingerprint density at radius 1 is 1.21 bits per heavy atom. The molecular weight excluding hydrogens is 225 g/mol. The number of nitrogens with zero attached hydrogens (tertiary/aromatic N) is 3. The van der Waals surface area contributed by atoms with Gasteiger partial charge in [0.25, 0.3) is 0 Å². The van der Waals surface area contributed by atoms with Gasteiger partial charge in [-0.15, -0.1) is 0 Å². The van der Waals surface area contributed by atoms with Crippen molar-refractivity contribution in [2.45, 2.75) is 6.92 Å². The summed E-state index contributed by atoms with van der Waals surface area (Å²) < 4.78 is 4.91. The molecular formula is C8H5Cl2N3O. The first-order valence-electron chi connectivity index (χ1n) is 3.78. The van der Waals surface area contributed by atoms with Crippen LogP contribution >= 0.6 is 23.2 Å². The molecule has 2 heterocycles. The van der Waals surface area contributed by atoms with E-state index >= 15 is 0 Å². The van der Waals surface area contributed by atoms with Gasteiger partial charge in [0.05, 0.1) is 5.56 Å². The van der Waals surface area contributed by atoms with Crippen molar-refractivity contribution in [2.24, 2.45) is 0 Å². The van der Waals surface area contributed by atoms with E-state index in [0.717, 1.165) is 0 Å². The van der Waals surface area contributed by atoms with Gasteiger partial charge >= 0.3 is 0 Å². The third-order valence-electron chi connectivity index (χ3n) is 1.64. The number of aryl methyl sites for hydroxylation is 1. The summed E-state index contributed by atoms with van der Waals surface area (Å²) in [6.07, 6.45) is 1.29. The van der Waals surface area contributed by atoms with Gasteiger partial charge in [-0.05, 0) is 6.92 Å². The zero-order valence-electron chi connectivity index (χ0n) is 7.16. The monoisotopic (exact) mass is 229 g/mol. The van der Waals surface area contributed by atoms with Crippen molar-refractivity contribution in [3.63, 3.8) is 0 Å². The van der Waals surface area contributed by atoms with E-state index in [1.807, 2.05) is 0 Å². The van der Waals surface area contributed by atoms with Gasteiger partial charge in [0.15, 0.2) is 0 Å². The van der Waals surface area contributed by atoms with Crippen LogP contribution in [0.4, 0.5) is 0 Å². The lowest BCUT2D eigenvalue weighted by Crippen LogP contribution is -1.87. The van der Waals surface area contributed by atoms with Gasteiger partial charge in [0, 0.05) is 6.07 Å². The summed E-state index contributed by atoms with van der Waals surface area (Å²) in [6, 6.07) is 1.72. The van der Waals surface area contributed by atoms with Crippen LogP contribution in [0.5, 0.6) is 0 Å². The Kier molecular flexibility index (Phi) is 2.39. The Bertz CT molecular complexity index is 449. The first-order valence-corrected chi connectivity index (χ1v) is 4.54. The maximum atomic E-state index is 5.86. The van der Waals surface area contributed by atoms with Crippen LogP contribution in [-0.4, -0.2) is 15.1 Å². The number of aromatic nitrogens is 3. The summed E-state index contributed by atoms with van der Waals surface area (Å²) in [6.45, 7) is 1.78. The molecule has 0 unspecified atom stereocenters. The van der Waals surface area contributed by atoms with Gasteiger partial charge < -0.3 is 4.52 Å². The highest BCUT2D eigenvalue weighted by Crippen LogP contribution is 2.30. The van der Waals surface area contributed by atoms with Gasteiger partial charge in [0.2, 0.25) is 0 Å². The van der Waals surface area contributed by atoms with Crippen LogP contribution in [-0.2, 0) is 0 Å². The van der Waals surface area contributed by atoms with Crippen molar-refractivity contribution < 1.29 is 4.52 Å². The highest BCUT2D eigenvalue weighted by Gasteiger charge is 2.14. The highest BCUT2D eigenvalue weighted by atomic mass is 35.5. The maximum absolute atomic E-state index is 5.86. The van der Waals surface area contributed by atoms with Crippen molar-refractivity contribution in [3.8, 4) is 11.3 Å². The van der Waals surface area contributed by atoms with Crippen molar-refractivity contribution in [1.29, 1.82) is 0 Å². The van der Waals surface area contributed by atoms with Crippen LogP contribution in [0.2, 0.25) is 10.3 Å². The van der Waals surface area contributed by atoms with Crippen LogP contribution in [0.15, 0.2) is 16.9 Å². The van der Waals surface area contributed by atoms with E-state index in [1.165, 1.54) is 6.33 Å². The third-order valence-corrected chi connectivity index (χ3v) is 2.21. The molecule has 0 amide bonds. The molecule has 0 radical (unpaired) electrons. The summed E-state index contributed by atoms with van der Waals surface area (Å²) in [5, 5.41) is 4.31. The molecule has 0 bridgehead atoms. The van der Waals surface area contributed by atoms with E-state index in [1.54, 1.807) is 13.0 Å². The number of hydrogen-bond acceptors (Lipinski definition) is 4. The molecule has 2 aromatic rings. The number of halogens is 2. The van der Waals surface area contributed by atoms with E-state index in [9.17, 15) is 0 Å². The van der Waals surface area contributed by atoms with Gasteiger partial charge in [-0.3, -0.25) is 0 Å². The zero-order chi connectivity index (χ0) is 10.1. The Hall–Kier alpha value is -1.13. The molecule has 2 aromatic heterocycles. The molecule has 14 heavy (non-hydrogen) atoms. The summed E-state index contributed by atoms with van der Waals surface area (Å²) >= 11 is 11.7. The molecule has 2 rings (SSSR count). The lowest BCUT2D eigenvalue weighted by atomic mass is 10.2. The van der Waals surface area contributed by atoms with E-state index in [-0.39, 0.29) is 10.3 Å². The molecule has 0 aromatic carbocycles. The Balaban J connectivity index is 2.61. The third kappa shape index (κ3) is 1.58. The van der Waals surface area contributed by atoms with Crippen molar-refractivity contribution in [1.82, 2.24) is 15.1 Å². The first kappa shape index (κ1) is 9.43. The highest BCUT2D eigenvalue weighted by molar-refractivity contribution is 6.37. The summed E-state index contributed by atoms with van der Waals surface area (Å²) in [7, 11) is 0. The quantitative estimate of drug-likeness (QED) is 0.706. The molecule has 0 aliphatic heterocycles. The van der Waals surface area contributed by atoms with Crippen LogP contribution in [0.25, 0.3) is 11.3 Å². The van der Waals surface area contributed by atoms with Crippen LogP contribution in [0, 0.1) is 6.92 Å². The normalized spacial score (nSPS) is 10.5. The summed E-state index contributed by atoms with van der Waals surface area (Å²) in [5.41, 5.74) is 1.03. The number of rotatable bonds is 1. The SMILES string of the molecule is Cc1cc(-c2c(Cl)ncnc2Cl)no1. The van der Waals surface area contributed by atoms with Crippen LogP contribution in [0.1, 0.15) is 5.76 Å². The molecule has 0 spiro atoms. The van der Waals surface area contributed by atoms with E-state index in [2.05, 4.69) is 15.1 Å². The molecule has 0 saturated heterocycles.